The van der Waals surface area contributed by atoms with E-state index in [2.05, 4.69) is 5.32 Å². The molecular weight excluding hydrogens is 342 g/mol. The number of nitrogens with zero attached hydrogens (tertiary/aromatic N) is 1. The van der Waals surface area contributed by atoms with Crippen molar-refractivity contribution in [2.75, 3.05) is 18.2 Å². The number of para-hydroxylation sites is 2. The monoisotopic (exact) mass is 359 g/mol. The Kier molecular flexibility index (Phi) is 5.74. The van der Waals surface area contributed by atoms with E-state index in [0.29, 0.717) is 11.4 Å². The molecule has 1 atom stereocenters. The van der Waals surface area contributed by atoms with E-state index in [4.69, 9.17) is 15.2 Å². The molecule has 2 rings (SSSR count). The highest BCUT2D eigenvalue weighted by Gasteiger charge is 2.23. The fraction of sp³-hybridized carbons (Fsp3) is 0.176. The van der Waals surface area contributed by atoms with Crippen LogP contribution in [0.15, 0.2) is 42.5 Å². The van der Waals surface area contributed by atoms with E-state index in [9.17, 15) is 19.7 Å². The normalized spacial score (nSPS) is 11.3. The van der Waals surface area contributed by atoms with Gasteiger partial charge in [0, 0.05) is 17.8 Å². The summed E-state index contributed by atoms with van der Waals surface area (Å²) in [6, 6.07) is 10.1. The number of nitrogens with one attached hydrogen (secondary N) is 1. The van der Waals surface area contributed by atoms with Crippen LogP contribution >= 0.6 is 0 Å². The zero-order valence-electron chi connectivity index (χ0n) is 14.1. The lowest BCUT2D eigenvalue weighted by Gasteiger charge is -2.15. The number of hydrogen-bond acceptors (Lipinski definition) is 7. The Labute approximate surface area is 148 Å². The molecule has 0 fully saturated rings. The number of benzene rings is 2. The summed E-state index contributed by atoms with van der Waals surface area (Å²) in [5.41, 5.74) is 5.60. The summed E-state index contributed by atoms with van der Waals surface area (Å²) in [5, 5.41) is 13.4. The predicted octanol–water partition coefficient (Wildman–Crippen LogP) is 2.37. The first kappa shape index (κ1) is 18.7. The molecule has 3 N–H and O–H groups in total. The predicted molar refractivity (Wildman–Crippen MR) is 94.0 cm³/mol. The van der Waals surface area contributed by atoms with Gasteiger partial charge in [-0.1, -0.05) is 12.1 Å². The molecule has 2 aromatic rings. The molecule has 0 bridgehead atoms. The van der Waals surface area contributed by atoms with Gasteiger partial charge in [-0.05, 0) is 25.1 Å². The van der Waals surface area contributed by atoms with E-state index < -0.39 is 22.9 Å². The molecule has 0 radical (unpaired) electrons. The van der Waals surface area contributed by atoms with Crippen molar-refractivity contribution < 1.29 is 24.0 Å². The summed E-state index contributed by atoms with van der Waals surface area (Å²) < 4.78 is 10.2. The number of nitro groups is 1. The standard InChI is InChI=1S/C17H17N3O6/c1-10(16(21)19-14-5-3-4-6-15(14)25-2)26-17(22)12-9-11(20(23)24)7-8-13(12)18/h3-10H,18H2,1-2H3,(H,19,21)/t10-/m0/s1. The number of ether oxygens (including phenoxy) is 2. The van der Waals surface area contributed by atoms with E-state index in [1.165, 1.54) is 26.2 Å². The third kappa shape index (κ3) is 4.26. The largest absolute Gasteiger partial charge is 0.495 e. The molecule has 136 valence electrons. The molecule has 0 heterocycles. The number of hydrogen-bond donors (Lipinski definition) is 2. The number of nitrogens with two attached hydrogens (primary N) is 1. The number of carbonyl (C=O) groups excluding carboxylic acids is 2. The van der Waals surface area contributed by atoms with E-state index in [-0.39, 0.29) is 16.9 Å². The van der Waals surface area contributed by atoms with Gasteiger partial charge in [0.2, 0.25) is 0 Å². The average molecular weight is 359 g/mol. The summed E-state index contributed by atoms with van der Waals surface area (Å²) in [6.07, 6.45) is -1.16. The second-order valence-corrected chi connectivity index (χ2v) is 5.27. The maximum Gasteiger partial charge on any atom is 0.341 e. The number of anilines is 2. The zero-order valence-corrected chi connectivity index (χ0v) is 14.1. The van der Waals surface area contributed by atoms with Gasteiger partial charge < -0.3 is 20.5 Å². The van der Waals surface area contributed by atoms with Crippen molar-refractivity contribution in [3.63, 3.8) is 0 Å². The van der Waals surface area contributed by atoms with Gasteiger partial charge in [-0.2, -0.15) is 0 Å². The molecule has 9 nitrogen and oxygen atoms in total. The molecule has 0 aliphatic rings. The number of carbonyl (C=O) groups is 2. The molecule has 0 saturated carbocycles. The van der Waals surface area contributed by atoms with Crippen LogP contribution in [0, 0.1) is 10.1 Å². The number of nitro benzene ring substituents is 1. The van der Waals surface area contributed by atoms with Crippen molar-refractivity contribution >= 4 is 28.9 Å². The zero-order chi connectivity index (χ0) is 19.3. The second kappa shape index (κ2) is 7.97. The van der Waals surface area contributed by atoms with E-state index in [1.807, 2.05) is 0 Å². The van der Waals surface area contributed by atoms with Crippen molar-refractivity contribution in [2.45, 2.75) is 13.0 Å². The van der Waals surface area contributed by atoms with Crippen LogP contribution in [0.25, 0.3) is 0 Å². The number of methoxy groups -OCH3 is 1. The summed E-state index contributed by atoms with van der Waals surface area (Å²) in [7, 11) is 1.46. The Morgan fingerprint density at radius 3 is 2.58 bits per heavy atom. The lowest BCUT2D eigenvalue weighted by atomic mass is 10.1. The SMILES string of the molecule is COc1ccccc1NC(=O)[C@H](C)OC(=O)c1cc([N+](=O)[O-])ccc1N. The number of nitrogen functional groups attached to an aromatic ring is 1. The maximum atomic E-state index is 12.2. The van der Waals surface area contributed by atoms with Gasteiger partial charge in [-0.25, -0.2) is 4.79 Å². The summed E-state index contributed by atoms with van der Waals surface area (Å²) in [5.74, 6) is -1.08. The third-order valence-electron chi connectivity index (χ3n) is 3.49. The molecular formula is C17H17N3O6. The van der Waals surface area contributed by atoms with E-state index in [1.54, 1.807) is 24.3 Å². The quantitative estimate of drug-likeness (QED) is 0.350. The van der Waals surface area contributed by atoms with Gasteiger partial charge in [-0.3, -0.25) is 14.9 Å². The first-order valence-corrected chi connectivity index (χ1v) is 7.52. The Morgan fingerprint density at radius 1 is 1.23 bits per heavy atom. The first-order chi connectivity index (χ1) is 12.3. The molecule has 0 aliphatic heterocycles. The van der Waals surface area contributed by atoms with Crippen molar-refractivity contribution in [2.24, 2.45) is 0 Å². The molecule has 0 saturated heterocycles. The fourth-order valence-corrected chi connectivity index (χ4v) is 2.09. The van der Waals surface area contributed by atoms with Gasteiger partial charge in [0.15, 0.2) is 6.10 Å². The number of non-ortho nitro benzene ring substituents is 1. The van der Waals surface area contributed by atoms with Crippen LogP contribution < -0.4 is 15.8 Å². The van der Waals surface area contributed by atoms with E-state index >= 15 is 0 Å². The Hall–Kier alpha value is -3.62. The topological polar surface area (TPSA) is 134 Å². The van der Waals surface area contributed by atoms with Gasteiger partial charge in [-0.15, -0.1) is 0 Å². The minimum atomic E-state index is -1.16. The minimum Gasteiger partial charge on any atom is -0.495 e. The van der Waals surface area contributed by atoms with Crippen LogP contribution in [0.2, 0.25) is 0 Å². The van der Waals surface area contributed by atoms with Crippen molar-refractivity contribution in [3.05, 3.63) is 58.1 Å². The smallest absolute Gasteiger partial charge is 0.341 e. The Morgan fingerprint density at radius 2 is 1.92 bits per heavy atom. The van der Waals surface area contributed by atoms with Crippen LogP contribution in [0.3, 0.4) is 0 Å². The molecule has 1 amide bonds. The molecule has 26 heavy (non-hydrogen) atoms. The number of amides is 1. The lowest BCUT2D eigenvalue weighted by Crippen LogP contribution is -2.30. The highest BCUT2D eigenvalue weighted by molar-refractivity contribution is 6.00. The Balaban J connectivity index is 2.10. The maximum absolute atomic E-state index is 12.2. The molecule has 2 aromatic carbocycles. The van der Waals surface area contributed by atoms with Crippen LogP contribution in [0.4, 0.5) is 17.1 Å². The van der Waals surface area contributed by atoms with Gasteiger partial charge in [0.05, 0.1) is 23.3 Å². The van der Waals surface area contributed by atoms with Crippen LogP contribution in [-0.4, -0.2) is 30.0 Å². The first-order valence-electron chi connectivity index (χ1n) is 7.52. The van der Waals surface area contributed by atoms with E-state index in [0.717, 1.165) is 6.07 Å². The summed E-state index contributed by atoms with van der Waals surface area (Å²) in [6.45, 7) is 1.37. The molecule has 0 spiro atoms. The van der Waals surface area contributed by atoms with Crippen molar-refractivity contribution in [3.8, 4) is 5.75 Å². The van der Waals surface area contributed by atoms with Gasteiger partial charge in [0.1, 0.15) is 5.75 Å². The lowest BCUT2D eigenvalue weighted by molar-refractivity contribution is -0.384. The number of rotatable bonds is 6. The highest BCUT2D eigenvalue weighted by atomic mass is 16.6. The van der Waals surface area contributed by atoms with Crippen molar-refractivity contribution in [1.29, 1.82) is 0 Å². The summed E-state index contributed by atoms with van der Waals surface area (Å²) >= 11 is 0. The third-order valence-corrected chi connectivity index (χ3v) is 3.49. The van der Waals surface area contributed by atoms with Crippen molar-refractivity contribution in [1.82, 2.24) is 0 Å². The van der Waals surface area contributed by atoms with Crippen LogP contribution in [0.5, 0.6) is 5.75 Å². The second-order valence-electron chi connectivity index (χ2n) is 5.27. The number of esters is 1. The molecule has 9 heteroatoms. The highest BCUT2D eigenvalue weighted by Crippen LogP contribution is 2.24. The fourth-order valence-electron chi connectivity index (χ4n) is 2.09. The molecule has 0 aliphatic carbocycles. The van der Waals surface area contributed by atoms with Gasteiger partial charge in [0.25, 0.3) is 11.6 Å². The molecule has 0 aromatic heterocycles. The minimum absolute atomic E-state index is 0.0120. The average Bonchev–Trinajstić information content (AvgIpc) is 2.62. The summed E-state index contributed by atoms with van der Waals surface area (Å²) in [4.78, 5) is 34.6. The van der Waals surface area contributed by atoms with Gasteiger partial charge >= 0.3 is 5.97 Å². The molecule has 0 unspecified atom stereocenters. The Bertz CT molecular complexity index is 852. The van der Waals surface area contributed by atoms with Crippen LogP contribution in [0.1, 0.15) is 17.3 Å². The van der Waals surface area contributed by atoms with Crippen LogP contribution in [-0.2, 0) is 9.53 Å².